The van der Waals surface area contributed by atoms with Crippen molar-refractivity contribution in [1.29, 1.82) is 0 Å². The highest BCUT2D eigenvalue weighted by Gasteiger charge is 2.11. The zero-order valence-electron chi connectivity index (χ0n) is 14.0. The molecule has 1 aromatic heterocycles. The third-order valence-corrected chi connectivity index (χ3v) is 4.09. The van der Waals surface area contributed by atoms with Gasteiger partial charge >= 0.3 is 0 Å². The summed E-state index contributed by atoms with van der Waals surface area (Å²) in [6.07, 6.45) is 0.683. The van der Waals surface area contributed by atoms with Crippen molar-refractivity contribution in [2.24, 2.45) is 4.99 Å². The van der Waals surface area contributed by atoms with E-state index in [0.717, 1.165) is 22.6 Å². The van der Waals surface area contributed by atoms with Crippen LogP contribution in [0.25, 0.3) is 11.0 Å². The quantitative estimate of drug-likeness (QED) is 0.409. The van der Waals surface area contributed by atoms with Gasteiger partial charge in [0, 0.05) is 6.42 Å². The molecule has 0 aliphatic rings. The normalized spacial score (nSPS) is 11.8. The van der Waals surface area contributed by atoms with Gasteiger partial charge in [-0.2, -0.15) is 4.68 Å². The predicted molar refractivity (Wildman–Crippen MR) is 101 cm³/mol. The largest absolute Gasteiger partial charge is 0.233 e. The Morgan fingerprint density at radius 1 is 0.880 bits per heavy atom. The van der Waals surface area contributed by atoms with Gasteiger partial charge in [-0.15, -0.1) is 5.10 Å². The number of aryl methyl sites for hydroxylation is 1. The van der Waals surface area contributed by atoms with E-state index in [1.165, 1.54) is 11.1 Å². The molecule has 4 heteroatoms. The van der Waals surface area contributed by atoms with Crippen LogP contribution in [-0.2, 0) is 6.42 Å². The zero-order chi connectivity index (χ0) is 17.1. The molecule has 0 unspecified atom stereocenters. The van der Waals surface area contributed by atoms with Gasteiger partial charge in [0.25, 0.3) is 0 Å². The molecule has 4 aromatic rings. The van der Waals surface area contributed by atoms with Crippen LogP contribution in [0.1, 0.15) is 11.1 Å². The van der Waals surface area contributed by atoms with Crippen molar-refractivity contribution < 1.29 is 0 Å². The van der Waals surface area contributed by atoms with Gasteiger partial charge in [-0.3, -0.25) is 0 Å². The molecule has 0 saturated carbocycles. The molecule has 4 rings (SSSR count). The summed E-state index contributed by atoms with van der Waals surface area (Å²) in [5, 5.41) is 8.61. The van der Waals surface area contributed by atoms with Crippen molar-refractivity contribution in [3.63, 3.8) is 0 Å². The van der Waals surface area contributed by atoms with E-state index in [0.29, 0.717) is 6.42 Å². The van der Waals surface area contributed by atoms with Crippen LogP contribution in [-0.4, -0.2) is 20.8 Å². The predicted octanol–water partition coefficient (Wildman–Crippen LogP) is 4.56. The van der Waals surface area contributed by atoms with Crippen LogP contribution in [0.4, 0.5) is 5.69 Å². The Morgan fingerprint density at radius 2 is 1.60 bits per heavy atom. The molecular formula is C21H18N4. The van der Waals surface area contributed by atoms with Crippen molar-refractivity contribution in [2.45, 2.75) is 13.3 Å². The van der Waals surface area contributed by atoms with Crippen LogP contribution in [0.5, 0.6) is 0 Å². The summed E-state index contributed by atoms with van der Waals surface area (Å²) < 4.78 is 1.84. The average molecular weight is 326 g/mol. The summed E-state index contributed by atoms with van der Waals surface area (Å²) in [6.45, 7) is 2.07. The van der Waals surface area contributed by atoms with Crippen molar-refractivity contribution >= 4 is 22.6 Å². The van der Waals surface area contributed by atoms with Crippen LogP contribution in [0.15, 0.2) is 83.9 Å². The molecule has 0 saturated heterocycles. The van der Waals surface area contributed by atoms with E-state index >= 15 is 0 Å². The van der Waals surface area contributed by atoms with Crippen LogP contribution in [0.2, 0.25) is 0 Å². The molecule has 0 fully saturated rings. The lowest BCUT2D eigenvalue weighted by Crippen LogP contribution is -2.16. The molecule has 1 heterocycles. The van der Waals surface area contributed by atoms with Crippen LogP contribution in [0.3, 0.4) is 0 Å². The van der Waals surface area contributed by atoms with Gasteiger partial charge in [-0.25, -0.2) is 4.99 Å². The maximum atomic E-state index is 4.86. The topological polar surface area (TPSA) is 43.1 Å². The highest BCUT2D eigenvalue weighted by atomic mass is 15.4. The molecule has 4 nitrogen and oxygen atoms in total. The molecular weight excluding hydrogens is 308 g/mol. The fourth-order valence-electron chi connectivity index (χ4n) is 2.77. The van der Waals surface area contributed by atoms with Gasteiger partial charge in [0.1, 0.15) is 11.4 Å². The molecule has 0 bridgehead atoms. The van der Waals surface area contributed by atoms with Gasteiger partial charge < -0.3 is 0 Å². The van der Waals surface area contributed by atoms with E-state index in [1.54, 1.807) is 0 Å². The monoisotopic (exact) mass is 326 g/mol. The number of aromatic nitrogens is 3. The van der Waals surface area contributed by atoms with E-state index in [4.69, 9.17) is 4.99 Å². The second kappa shape index (κ2) is 6.69. The van der Waals surface area contributed by atoms with Gasteiger partial charge in [-0.05, 0) is 36.8 Å². The Balaban J connectivity index is 1.81. The molecule has 25 heavy (non-hydrogen) atoms. The molecule has 122 valence electrons. The fraction of sp³-hybridized carbons (Fsp3) is 0.0952. The van der Waals surface area contributed by atoms with E-state index < -0.39 is 0 Å². The Bertz CT molecular complexity index is 1010. The minimum atomic E-state index is 0.683. The second-order valence-corrected chi connectivity index (χ2v) is 6.02. The highest BCUT2D eigenvalue weighted by Crippen LogP contribution is 2.17. The lowest BCUT2D eigenvalue weighted by atomic mass is 10.1. The molecule has 0 N–H and O–H groups in total. The molecule has 0 aliphatic heterocycles. The zero-order valence-corrected chi connectivity index (χ0v) is 14.0. The highest BCUT2D eigenvalue weighted by molar-refractivity contribution is 5.94. The van der Waals surface area contributed by atoms with Crippen LogP contribution < -0.4 is 0 Å². The maximum absolute atomic E-state index is 4.86. The molecule has 0 radical (unpaired) electrons. The first-order valence-corrected chi connectivity index (χ1v) is 8.28. The van der Waals surface area contributed by atoms with Crippen molar-refractivity contribution in [2.75, 3.05) is 0 Å². The standard InChI is InChI=1S/C21H18N4/c1-16-11-13-18(14-12-16)22-21(15-17-7-3-2-4-8-17)25-20-10-6-5-9-19(20)23-24-25/h2-14H,15H2,1H3. The molecule has 0 spiro atoms. The lowest BCUT2D eigenvalue weighted by Gasteiger charge is -2.08. The van der Waals surface area contributed by atoms with E-state index in [2.05, 4.69) is 41.5 Å². The molecule has 0 amide bonds. The minimum Gasteiger partial charge on any atom is -0.233 e. The van der Waals surface area contributed by atoms with E-state index in [-0.39, 0.29) is 0 Å². The van der Waals surface area contributed by atoms with Crippen LogP contribution >= 0.6 is 0 Å². The number of benzene rings is 3. The number of hydrogen-bond donors (Lipinski definition) is 0. The Labute approximate surface area is 146 Å². The third-order valence-electron chi connectivity index (χ3n) is 4.09. The number of rotatable bonds is 3. The van der Waals surface area contributed by atoms with E-state index in [1.807, 2.05) is 59.3 Å². The molecule has 0 aliphatic carbocycles. The van der Waals surface area contributed by atoms with E-state index in [9.17, 15) is 0 Å². The smallest absolute Gasteiger partial charge is 0.137 e. The average Bonchev–Trinajstić information content (AvgIpc) is 3.08. The number of hydrogen-bond acceptors (Lipinski definition) is 3. The lowest BCUT2D eigenvalue weighted by molar-refractivity contribution is 0.847. The van der Waals surface area contributed by atoms with Gasteiger partial charge in [-0.1, -0.05) is 65.4 Å². The van der Waals surface area contributed by atoms with Crippen molar-refractivity contribution in [1.82, 2.24) is 15.0 Å². The van der Waals surface area contributed by atoms with Crippen molar-refractivity contribution in [3.05, 3.63) is 90.0 Å². The number of aliphatic imine (C=N–C) groups is 1. The van der Waals surface area contributed by atoms with Gasteiger partial charge in [0.05, 0.1) is 11.2 Å². The Morgan fingerprint density at radius 3 is 2.40 bits per heavy atom. The minimum absolute atomic E-state index is 0.683. The van der Waals surface area contributed by atoms with Crippen molar-refractivity contribution in [3.8, 4) is 0 Å². The number of fused-ring (bicyclic) bond motifs is 1. The number of para-hydroxylation sites is 1. The Hall–Kier alpha value is -3.27. The summed E-state index contributed by atoms with van der Waals surface area (Å²) >= 11 is 0. The second-order valence-electron chi connectivity index (χ2n) is 6.02. The number of nitrogens with zero attached hydrogens (tertiary/aromatic N) is 4. The first kappa shape index (κ1) is 15.3. The first-order valence-electron chi connectivity index (χ1n) is 8.28. The third kappa shape index (κ3) is 3.33. The van der Waals surface area contributed by atoms with Gasteiger partial charge in [0.2, 0.25) is 0 Å². The van der Waals surface area contributed by atoms with Crippen LogP contribution in [0, 0.1) is 6.92 Å². The SMILES string of the molecule is Cc1ccc(N=C(Cc2ccccc2)n2nnc3ccccc32)cc1. The maximum Gasteiger partial charge on any atom is 0.137 e. The van der Waals surface area contributed by atoms with Gasteiger partial charge in [0.15, 0.2) is 0 Å². The summed E-state index contributed by atoms with van der Waals surface area (Å²) in [7, 11) is 0. The first-order chi connectivity index (χ1) is 12.3. The summed E-state index contributed by atoms with van der Waals surface area (Å²) in [4.78, 5) is 4.86. The summed E-state index contributed by atoms with van der Waals surface area (Å²) in [6, 6.07) is 26.4. The Kier molecular flexibility index (Phi) is 4.09. The molecule has 0 atom stereocenters. The fourth-order valence-corrected chi connectivity index (χ4v) is 2.77. The summed E-state index contributed by atoms with van der Waals surface area (Å²) in [5.74, 6) is 0.851. The molecule has 3 aromatic carbocycles. The summed E-state index contributed by atoms with van der Waals surface area (Å²) in [5.41, 5.74) is 5.15.